The molecule has 1 aromatic carbocycles. The molecule has 0 saturated heterocycles. The normalized spacial score (nSPS) is 12.2. The van der Waals surface area contributed by atoms with Crippen molar-refractivity contribution >= 4 is 12.5 Å². The molecule has 0 aliphatic rings. The van der Waals surface area contributed by atoms with Gasteiger partial charge < -0.3 is 16.3 Å². The highest BCUT2D eigenvalue weighted by Gasteiger charge is 2.06. The lowest BCUT2D eigenvalue weighted by Gasteiger charge is -2.14. The molecule has 4 N–H and O–H groups in total. The van der Waals surface area contributed by atoms with Crippen LogP contribution in [-0.4, -0.2) is 12.8 Å². The maximum Gasteiger partial charge on any atom is 0.106 e. The molecule has 0 heterocycles. The highest BCUT2D eigenvalue weighted by atomic mass is 16.1. The molecular formula is C22H42N2O. The molecule has 3 heteroatoms. The zero-order chi connectivity index (χ0) is 19.5. The van der Waals surface area contributed by atoms with E-state index in [1.807, 2.05) is 18.9 Å². The summed E-state index contributed by atoms with van der Waals surface area (Å²) in [7, 11) is 0. The summed E-state index contributed by atoms with van der Waals surface area (Å²) in [4.78, 5) is 8.00. The van der Waals surface area contributed by atoms with Gasteiger partial charge >= 0.3 is 0 Å². The minimum atomic E-state index is 0.454. The van der Waals surface area contributed by atoms with Gasteiger partial charge in [-0.2, -0.15) is 0 Å². The summed E-state index contributed by atoms with van der Waals surface area (Å²) in [6.45, 7) is 10.9. The molecule has 0 fully saturated rings. The number of hydrogen-bond acceptors (Lipinski definition) is 3. The maximum atomic E-state index is 8.00. The van der Waals surface area contributed by atoms with E-state index in [1.54, 1.807) is 0 Å². The Labute approximate surface area is 156 Å². The van der Waals surface area contributed by atoms with E-state index < -0.39 is 0 Å². The standard InChI is InChI=1S/C14H23N.C7H17N.CH2O/c1-3-5-6-12(4-2)11-13-7-9-14(15)10-8-13;1-3-5-6-7(8)4-2;1-2/h7-10,12H,3-6,11,15H2,1-2H3;7H,3-6,8H2,1-2H3;1H2. The van der Waals surface area contributed by atoms with Crippen LogP contribution in [0.3, 0.4) is 0 Å². The Morgan fingerprint density at radius 1 is 0.880 bits per heavy atom. The number of rotatable bonds is 10. The van der Waals surface area contributed by atoms with Crippen LogP contribution < -0.4 is 11.5 Å². The Kier molecular flexibility index (Phi) is 19.7. The molecule has 2 atom stereocenters. The first-order valence-corrected chi connectivity index (χ1v) is 9.96. The van der Waals surface area contributed by atoms with E-state index in [9.17, 15) is 0 Å². The van der Waals surface area contributed by atoms with Crippen molar-refractivity contribution in [2.75, 3.05) is 5.73 Å². The molecule has 0 amide bonds. The summed E-state index contributed by atoms with van der Waals surface area (Å²) < 4.78 is 0. The van der Waals surface area contributed by atoms with Crippen molar-refractivity contribution in [3.8, 4) is 0 Å². The summed E-state index contributed by atoms with van der Waals surface area (Å²) in [5, 5.41) is 0. The highest BCUT2D eigenvalue weighted by Crippen LogP contribution is 2.19. The van der Waals surface area contributed by atoms with Crippen molar-refractivity contribution in [2.45, 2.75) is 91.5 Å². The average molecular weight is 351 g/mol. The largest absolute Gasteiger partial charge is 0.399 e. The minimum Gasteiger partial charge on any atom is -0.399 e. The van der Waals surface area contributed by atoms with Gasteiger partial charge in [0.25, 0.3) is 0 Å². The molecule has 0 spiro atoms. The van der Waals surface area contributed by atoms with Gasteiger partial charge in [-0.1, -0.05) is 78.4 Å². The van der Waals surface area contributed by atoms with Crippen molar-refractivity contribution < 1.29 is 4.79 Å². The number of carbonyl (C=O) groups excluding carboxylic acids is 1. The highest BCUT2D eigenvalue weighted by molar-refractivity contribution is 5.39. The first-order valence-electron chi connectivity index (χ1n) is 9.96. The molecule has 146 valence electrons. The van der Waals surface area contributed by atoms with Crippen LogP contribution in [0.4, 0.5) is 5.69 Å². The lowest BCUT2D eigenvalue weighted by atomic mass is 9.92. The summed E-state index contributed by atoms with van der Waals surface area (Å²) in [5.41, 5.74) is 13.6. The number of anilines is 1. The van der Waals surface area contributed by atoms with E-state index in [0.717, 1.165) is 18.0 Å². The average Bonchev–Trinajstić information content (AvgIpc) is 2.66. The van der Waals surface area contributed by atoms with E-state index >= 15 is 0 Å². The predicted molar refractivity (Wildman–Crippen MR) is 113 cm³/mol. The van der Waals surface area contributed by atoms with Crippen LogP contribution in [0, 0.1) is 5.92 Å². The van der Waals surface area contributed by atoms with Gasteiger partial charge in [0.05, 0.1) is 0 Å². The third-order valence-corrected chi connectivity index (χ3v) is 4.50. The third-order valence-electron chi connectivity index (χ3n) is 4.50. The van der Waals surface area contributed by atoms with Crippen molar-refractivity contribution in [1.82, 2.24) is 0 Å². The summed E-state index contributed by atoms with van der Waals surface area (Å²) >= 11 is 0. The minimum absolute atomic E-state index is 0.454. The van der Waals surface area contributed by atoms with Gasteiger partial charge in [0, 0.05) is 11.7 Å². The second kappa shape index (κ2) is 19.0. The molecule has 3 nitrogen and oxygen atoms in total. The number of unbranched alkanes of at least 4 members (excludes halogenated alkanes) is 2. The quantitative estimate of drug-likeness (QED) is 0.527. The Morgan fingerprint density at radius 3 is 1.84 bits per heavy atom. The topological polar surface area (TPSA) is 69.1 Å². The SMILES string of the molecule is C=O.CCCCC(CC)Cc1ccc(N)cc1.CCCCC(N)CC. The molecule has 0 aromatic heterocycles. The number of hydrogen-bond donors (Lipinski definition) is 2. The van der Waals surface area contributed by atoms with Crippen molar-refractivity contribution in [1.29, 1.82) is 0 Å². The molecule has 0 aliphatic heterocycles. The lowest BCUT2D eigenvalue weighted by Crippen LogP contribution is -2.17. The smallest absolute Gasteiger partial charge is 0.106 e. The van der Waals surface area contributed by atoms with Gasteiger partial charge in [-0.3, -0.25) is 0 Å². The van der Waals surface area contributed by atoms with E-state index in [-0.39, 0.29) is 0 Å². The number of nitrogen functional groups attached to an aromatic ring is 1. The molecule has 0 radical (unpaired) electrons. The first-order chi connectivity index (χ1) is 12.1. The summed E-state index contributed by atoms with van der Waals surface area (Å²) in [5.74, 6) is 0.841. The zero-order valence-electron chi connectivity index (χ0n) is 17.1. The van der Waals surface area contributed by atoms with Gasteiger partial charge in [0.2, 0.25) is 0 Å². The molecule has 1 aromatic rings. The van der Waals surface area contributed by atoms with Crippen LogP contribution in [0.1, 0.15) is 84.6 Å². The predicted octanol–water partition coefficient (Wildman–Crippen LogP) is 5.76. The van der Waals surface area contributed by atoms with Crippen LogP contribution >= 0.6 is 0 Å². The number of carbonyl (C=O) groups is 1. The molecule has 0 saturated carbocycles. The second-order valence-electron chi connectivity index (χ2n) is 6.67. The Bertz CT molecular complexity index is 378. The first kappa shape index (κ1) is 25.9. The summed E-state index contributed by atoms with van der Waals surface area (Å²) in [6.07, 6.45) is 11.4. The van der Waals surface area contributed by atoms with Crippen LogP contribution in [0.5, 0.6) is 0 Å². The fourth-order valence-corrected chi connectivity index (χ4v) is 2.60. The Morgan fingerprint density at radius 2 is 1.40 bits per heavy atom. The van der Waals surface area contributed by atoms with Gasteiger partial charge in [-0.05, 0) is 42.9 Å². The van der Waals surface area contributed by atoms with Gasteiger partial charge in [-0.25, -0.2) is 0 Å². The van der Waals surface area contributed by atoms with Crippen molar-refractivity contribution in [3.05, 3.63) is 29.8 Å². The van der Waals surface area contributed by atoms with E-state index in [2.05, 4.69) is 39.8 Å². The van der Waals surface area contributed by atoms with E-state index in [1.165, 1.54) is 56.9 Å². The molecule has 1 rings (SSSR count). The van der Waals surface area contributed by atoms with E-state index in [4.69, 9.17) is 16.3 Å². The molecule has 0 bridgehead atoms. The van der Waals surface area contributed by atoms with Crippen molar-refractivity contribution in [2.24, 2.45) is 11.7 Å². The van der Waals surface area contributed by atoms with Crippen LogP contribution in [-0.2, 0) is 11.2 Å². The molecule has 0 aliphatic carbocycles. The van der Waals surface area contributed by atoms with Gasteiger partial charge in [-0.15, -0.1) is 0 Å². The van der Waals surface area contributed by atoms with Crippen LogP contribution in [0.15, 0.2) is 24.3 Å². The lowest BCUT2D eigenvalue weighted by molar-refractivity contribution is -0.0979. The summed E-state index contributed by atoms with van der Waals surface area (Å²) in [6, 6.07) is 8.77. The molecule has 25 heavy (non-hydrogen) atoms. The fraction of sp³-hybridized carbons (Fsp3) is 0.682. The zero-order valence-corrected chi connectivity index (χ0v) is 17.1. The third kappa shape index (κ3) is 15.9. The van der Waals surface area contributed by atoms with Crippen LogP contribution in [0.2, 0.25) is 0 Å². The van der Waals surface area contributed by atoms with Gasteiger partial charge in [0.15, 0.2) is 0 Å². The van der Waals surface area contributed by atoms with Crippen LogP contribution in [0.25, 0.3) is 0 Å². The second-order valence-corrected chi connectivity index (χ2v) is 6.67. The molecular weight excluding hydrogens is 308 g/mol. The monoisotopic (exact) mass is 350 g/mol. The van der Waals surface area contributed by atoms with E-state index in [0.29, 0.717) is 6.04 Å². The number of nitrogens with two attached hydrogens (primary N) is 2. The van der Waals surface area contributed by atoms with Gasteiger partial charge in [0.1, 0.15) is 6.79 Å². The Balaban J connectivity index is 0. The number of benzene rings is 1. The molecule has 2 unspecified atom stereocenters. The van der Waals surface area contributed by atoms with Crippen molar-refractivity contribution in [3.63, 3.8) is 0 Å². The fourth-order valence-electron chi connectivity index (χ4n) is 2.60. The Hall–Kier alpha value is -1.35. The maximum absolute atomic E-state index is 8.00.